The first-order valence-corrected chi connectivity index (χ1v) is 7.98. The number of nitrogens with zero attached hydrogens (tertiary/aromatic N) is 3. The summed E-state index contributed by atoms with van der Waals surface area (Å²) in [7, 11) is 1.81. The minimum atomic E-state index is 0.0839. The van der Waals surface area contributed by atoms with Crippen molar-refractivity contribution in [2.45, 2.75) is 18.8 Å². The van der Waals surface area contributed by atoms with E-state index in [0.717, 1.165) is 25.9 Å². The van der Waals surface area contributed by atoms with Crippen molar-refractivity contribution in [2.24, 2.45) is 7.05 Å². The summed E-state index contributed by atoms with van der Waals surface area (Å²) in [5, 5.41) is 4.07. The predicted molar refractivity (Wildman–Crippen MR) is 85.2 cm³/mol. The number of hydrogen-bond acceptors (Lipinski definition) is 2. The molecule has 3 rings (SSSR count). The number of rotatable bonds is 2. The maximum absolute atomic E-state index is 12.4. The minimum absolute atomic E-state index is 0.0839. The lowest BCUT2D eigenvalue weighted by Gasteiger charge is -2.32. The largest absolute Gasteiger partial charge is 0.337 e. The molecule has 0 N–H and O–H groups in total. The first-order chi connectivity index (χ1) is 10.2. The number of likely N-dealkylation sites (tertiary alicyclic amines) is 1. The Morgan fingerprint density at radius 3 is 2.57 bits per heavy atom. The summed E-state index contributed by atoms with van der Waals surface area (Å²) in [5.74, 6) is 0.608. The summed E-state index contributed by atoms with van der Waals surface area (Å²) < 4.78 is 2.81. The number of piperidine rings is 1. The topological polar surface area (TPSA) is 38.1 Å². The second-order valence-electron chi connectivity index (χ2n) is 5.43. The van der Waals surface area contributed by atoms with Gasteiger partial charge in [-0.1, -0.05) is 34.1 Å². The Kier molecular flexibility index (Phi) is 4.10. The maximum Gasteiger partial charge on any atom is 0.272 e. The van der Waals surface area contributed by atoms with Gasteiger partial charge in [0.1, 0.15) is 5.69 Å². The average molecular weight is 348 g/mol. The molecular formula is C16H18BrN3O. The normalized spacial score (nSPS) is 16.2. The third-order valence-corrected chi connectivity index (χ3v) is 4.89. The molecule has 2 aromatic rings. The van der Waals surface area contributed by atoms with Crippen LogP contribution in [0.5, 0.6) is 0 Å². The Morgan fingerprint density at radius 2 is 1.95 bits per heavy atom. The Bertz CT molecular complexity index is 644. The number of aromatic nitrogens is 2. The van der Waals surface area contributed by atoms with Crippen LogP contribution in [0.1, 0.15) is 34.8 Å². The Balaban J connectivity index is 1.67. The first kappa shape index (κ1) is 14.3. The van der Waals surface area contributed by atoms with E-state index >= 15 is 0 Å². The summed E-state index contributed by atoms with van der Waals surface area (Å²) >= 11 is 3.62. The van der Waals surface area contributed by atoms with Crippen LogP contribution in [-0.4, -0.2) is 33.7 Å². The molecule has 0 spiro atoms. The number of hydrogen-bond donors (Lipinski definition) is 0. The van der Waals surface area contributed by atoms with E-state index in [1.54, 1.807) is 24.0 Å². The van der Waals surface area contributed by atoms with E-state index < -0.39 is 0 Å². The molecule has 21 heavy (non-hydrogen) atoms. The van der Waals surface area contributed by atoms with Crippen molar-refractivity contribution in [2.75, 3.05) is 13.1 Å². The molecule has 1 aliphatic rings. The van der Waals surface area contributed by atoms with Crippen LogP contribution in [0.3, 0.4) is 0 Å². The molecule has 5 heteroatoms. The first-order valence-electron chi connectivity index (χ1n) is 7.18. The van der Waals surface area contributed by atoms with E-state index in [4.69, 9.17) is 0 Å². The van der Waals surface area contributed by atoms with Crippen molar-refractivity contribution in [1.82, 2.24) is 14.7 Å². The quantitative estimate of drug-likeness (QED) is 0.836. The van der Waals surface area contributed by atoms with Gasteiger partial charge in [-0.25, -0.2) is 0 Å². The van der Waals surface area contributed by atoms with Gasteiger partial charge in [-0.05, 0) is 36.5 Å². The predicted octanol–water partition coefficient (Wildman–Crippen LogP) is 3.20. The van der Waals surface area contributed by atoms with Crippen molar-refractivity contribution in [1.29, 1.82) is 0 Å². The highest BCUT2D eigenvalue weighted by atomic mass is 79.9. The number of carbonyl (C=O) groups is 1. The standard InChI is InChI=1S/C16H18BrN3O/c1-19-15(6-9-18-19)16(21)20-10-7-12(8-11-20)13-4-2-3-5-14(13)17/h2-6,9,12H,7-8,10-11H2,1H3. The number of carbonyl (C=O) groups excluding carboxylic acids is 1. The molecule has 4 nitrogen and oxygen atoms in total. The summed E-state index contributed by atoms with van der Waals surface area (Å²) in [5.41, 5.74) is 2.01. The highest BCUT2D eigenvalue weighted by Crippen LogP contribution is 2.33. The fraction of sp³-hybridized carbons (Fsp3) is 0.375. The number of amides is 1. The van der Waals surface area contributed by atoms with Gasteiger partial charge in [-0.2, -0.15) is 5.10 Å². The van der Waals surface area contributed by atoms with Gasteiger partial charge in [-0.3, -0.25) is 9.48 Å². The SMILES string of the molecule is Cn1nccc1C(=O)N1CCC(c2ccccc2Br)CC1. The smallest absolute Gasteiger partial charge is 0.272 e. The summed E-state index contributed by atoms with van der Waals surface area (Å²) in [6, 6.07) is 10.2. The Hall–Kier alpha value is -1.62. The summed E-state index contributed by atoms with van der Waals surface area (Å²) in [6.45, 7) is 1.60. The van der Waals surface area contributed by atoms with Crippen molar-refractivity contribution in [3.63, 3.8) is 0 Å². The van der Waals surface area contributed by atoms with Gasteiger partial charge < -0.3 is 4.90 Å². The maximum atomic E-state index is 12.4. The molecule has 1 saturated heterocycles. The summed E-state index contributed by atoms with van der Waals surface area (Å²) in [6.07, 6.45) is 3.68. The number of benzene rings is 1. The Labute approximate surface area is 132 Å². The molecule has 1 amide bonds. The molecule has 2 heterocycles. The van der Waals surface area contributed by atoms with Gasteiger partial charge in [0.2, 0.25) is 0 Å². The van der Waals surface area contributed by atoms with Crippen LogP contribution in [-0.2, 0) is 7.05 Å². The minimum Gasteiger partial charge on any atom is -0.337 e. The zero-order valence-electron chi connectivity index (χ0n) is 12.0. The van der Waals surface area contributed by atoms with Gasteiger partial charge in [0.15, 0.2) is 0 Å². The Morgan fingerprint density at radius 1 is 1.24 bits per heavy atom. The van der Waals surface area contributed by atoms with E-state index in [2.05, 4.69) is 39.2 Å². The van der Waals surface area contributed by atoms with Crippen LogP contribution in [0.4, 0.5) is 0 Å². The van der Waals surface area contributed by atoms with E-state index in [0.29, 0.717) is 11.6 Å². The number of halogens is 1. The van der Waals surface area contributed by atoms with Crippen LogP contribution in [0.25, 0.3) is 0 Å². The van der Waals surface area contributed by atoms with Crippen molar-refractivity contribution in [3.05, 3.63) is 52.3 Å². The molecule has 0 saturated carbocycles. The lowest BCUT2D eigenvalue weighted by molar-refractivity contribution is 0.0701. The molecule has 110 valence electrons. The third-order valence-electron chi connectivity index (χ3n) is 4.17. The van der Waals surface area contributed by atoms with Crippen molar-refractivity contribution >= 4 is 21.8 Å². The highest BCUT2D eigenvalue weighted by molar-refractivity contribution is 9.10. The van der Waals surface area contributed by atoms with E-state index in [9.17, 15) is 4.79 Å². The molecule has 0 aliphatic carbocycles. The van der Waals surface area contributed by atoms with Gasteiger partial charge in [0.25, 0.3) is 5.91 Å². The molecule has 0 atom stereocenters. The second-order valence-corrected chi connectivity index (χ2v) is 6.28. The zero-order valence-corrected chi connectivity index (χ0v) is 13.6. The van der Waals surface area contributed by atoms with Gasteiger partial charge in [-0.15, -0.1) is 0 Å². The van der Waals surface area contributed by atoms with Gasteiger partial charge in [0, 0.05) is 30.8 Å². The molecule has 1 aliphatic heterocycles. The summed E-state index contributed by atoms with van der Waals surface area (Å²) in [4.78, 5) is 14.4. The van der Waals surface area contributed by atoms with Crippen LogP contribution in [0.15, 0.2) is 41.0 Å². The fourth-order valence-corrected chi connectivity index (χ4v) is 3.55. The lowest BCUT2D eigenvalue weighted by Crippen LogP contribution is -2.38. The highest BCUT2D eigenvalue weighted by Gasteiger charge is 2.26. The molecule has 0 unspecified atom stereocenters. The van der Waals surface area contributed by atoms with Crippen LogP contribution in [0, 0.1) is 0 Å². The van der Waals surface area contributed by atoms with E-state index in [-0.39, 0.29) is 5.91 Å². The van der Waals surface area contributed by atoms with E-state index in [1.165, 1.54) is 10.0 Å². The molecule has 0 bridgehead atoms. The molecule has 0 radical (unpaired) electrons. The lowest BCUT2D eigenvalue weighted by atomic mass is 9.89. The monoisotopic (exact) mass is 347 g/mol. The molecule has 1 fully saturated rings. The third kappa shape index (κ3) is 2.88. The van der Waals surface area contributed by atoms with Crippen LogP contribution in [0.2, 0.25) is 0 Å². The van der Waals surface area contributed by atoms with Crippen molar-refractivity contribution < 1.29 is 4.79 Å². The van der Waals surface area contributed by atoms with E-state index in [1.807, 2.05) is 11.0 Å². The molecular weight excluding hydrogens is 330 g/mol. The second kappa shape index (κ2) is 6.02. The van der Waals surface area contributed by atoms with Crippen LogP contribution >= 0.6 is 15.9 Å². The fourth-order valence-electron chi connectivity index (χ4n) is 2.95. The zero-order chi connectivity index (χ0) is 14.8. The van der Waals surface area contributed by atoms with Crippen LogP contribution < -0.4 is 0 Å². The number of aryl methyl sites for hydroxylation is 1. The van der Waals surface area contributed by atoms with Gasteiger partial charge >= 0.3 is 0 Å². The molecule has 1 aromatic heterocycles. The van der Waals surface area contributed by atoms with Crippen molar-refractivity contribution in [3.8, 4) is 0 Å². The van der Waals surface area contributed by atoms with Gasteiger partial charge in [0.05, 0.1) is 0 Å². The average Bonchev–Trinajstić information content (AvgIpc) is 2.93. The molecule has 1 aromatic carbocycles.